The summed E-state index contributed by atoms with van der Waals surface area (Å²) in [7, 11) is 0. The highest BCUT2D eigenvalue weighted by Crippen LogP contribution is 2.16. The Labute approximate surface area is 134 Å². The Morgan fingerprint density at radius 1 is 1.13 bits per heavy atom. The molecule has 1 unspecified atom stereocenters. The summed E-state index contributed by atoms with van der Waals surface area (Å²) in [6.07, 6.45) is -10.1. The smallest absolute Gasteiger partial charge is 0.194 e. The van der Waals surface area contributed by atoms with Crippen molar-refractivity contribution in [3.63, 3.8) is 0 Å². The molecule has 0 aliphatic heterocycles. The molecule has 0 radical (unpaired) electrons. The van der Waals surface area contributed by atoms with Crippen molar-refractivity contribution in [3.8, 4) is 5.75 Å². The molecule has 5 atom stereocenters. The van der Waals surface area contributed by atoms with Crippen LogP contribution < -0.4 is 4.74 Å². The second kappa shape index (κ2) is 8.92. The maximum absolute atomic E-state index is 12.2. The molecule has 0 bridgehead atoms. The summed E-state index contributed by atoms with van der Waals surface area (Å²) in [6, 6.07) is 3.66. The molecule has 8 nitrogen and oxygen atoms in total. The van der Waals surface area contributed by atoms with E-state index in [0.717, 1.165) is 0 Å². The normalized spacial score (nSPS) is 18.5. The van der Waals surface area contributed by atoms with E-state index >= 15 is 0 Å². The molecule has 23 heavy (non-hydrogen) atoms. The zero-order valence-electron chi connectivity index (χ0n) is 13.5. The molecular weight excluding hydrogens is 308 g/mol. The van der Waals surface area contributed by atoms with Crippen LogP contribution in [0.15, 0.2) is 24.2 Å². The van der Waals surface area contributed by atoms with Gasteiger partial charge in [-0.25, -0.2) is 0 Å². The molecule has 0 spiro atoms. The number of ketones is 1. The first-order chi connectivity index (χ1) is 11.2. The van der Waals surface area contributed by atoms with Crippen LogP contribution in [0.5, 0.6) is 5.75 Å². The lowest BCUT2D eigenvalue weighted by Gasteiger charge is -2.27. The van der Waals surface area contributed by atoms with Crippen LogP contribution in [0.4, 0.5) is 0 Å². The molecule has 0 aliphatic carbocycles. The summed E-state index contributed by atoms with van der Waals surface area (Å²) in [5.41, 5.74) is -0.214. The number of hydrogen-bond acceptors (Lipinski definition) is 8. The van der Waals surface area contributed by atoms with Crippen LogP contribution in [-0.2, 0) is 0 Å². The third-order valence-electron chi connectivity index (χ3n) is 3.23. The first-order valence-electron chi connectivity index (χ1n) is 7.53. The van der Waals surface area contributed by atoms with Crippen LogP contribution in [-0.4, -0.2) is 80.2 Å². The highest BCUT2D eigenvalue weighted by atomic mass is 16.5. The van der Waals surface area contributed by atoms with Crippen molar-refractivity contribution in [1.82, 2.24) is 0 Å². The minimum atomic E-state index is -2.14. The van der Waals surface area contributed by atoms with Crippen molar-refractivity contribution >= 4 is 5.78 Å². The summed E-state index contributed by atoms with van der Waals surface area (Å²) in [5, 5.41) is 56.8. The van der Waals surface area contributed by atoms with E-state index in [4.69, 9.17) is 11.2 Å². The van der Waals surface area contributed by atoms with Gasteiger partial charge in [-0.2, -0.15) is 0 Å². The Kier molecular flexibility index (Phi) is 6.90. The molecule has 6 N–H and O–H groups in total. The van der Waals surface area contributed by atoms with Crippen molar-refractivity contribution < 1.29 is 41.5 Å². The molecule has 0 amide bonds. The summed E-state index contributed by atoms with van der Waals surface area (Å²) >= 11 is 0. The molecule has 0 heterocycles. The van der Waals surface area contributed by atoms with E-state index in [2.05, 4.69) is 0 Å². The number of aliphatic hydroxyl groups excluding tert-OH is 6. The number of carbonyl (C=O) groups is 1. The lowest BCUT2D eigenvalue weighted by atomic mass is 9.94. The average Bonchev–Trinajstić information content (AvgIpc) is 2.58. The van der Waals surface area contributed by atoms with E-state index in [0.29, 0.717) is 12.4 Å². The van der Waals surface area contributed by atoms with E-state index in [1.807, 2.05) is 0 Å². The number of carbonyl (C=O) groups excluding carboxylic acids is 1. The molecule has 8 heteroatoms. The van der Waals surface area contributed by atoms with E-state index < -0.39 is 42.9 Å². The number of hydrogen-bond donors (Lipinski definition) is 6. The van der Waals surface area contributed by atoms with Crippen molar-refractivity contribution in [1.29, 1.82) is 0 Å². The second-order valence-corrected chi connectivity index (χ2v) is 4.90. The predicted molar refractivity (Wildman–Crippen MR) is 79.1 cm³/mol. The minimum absolute atomic E-state index is 0.214. The van der Waals surface area contributed by atoms with Gasteiger partial charge in [0.05, 0.1) is 14.6 Å². The largest absolute Gasteiger partial charge is 0.494 e. The van der Waals surface area contributed by atoms with E-state index in [1.165, 1.54) is 18.2 Å². The summed E-state index contributed by atoms with van der Waals surface area (Å²) in [5.74, 6) is -0.684. The van der Waals surface area contributed by atoms with Crippen LogP contribution in [0.25, 0.3) is 0 Å². The fraction of sp³-hybridized carbons (Fsp3) is 0.533. The first-order valence-corrected chi connectivity index (χ1v) is 7.03. The lowest BCUT2D eigenvalue weighted by Crippen LogP contribution is -2.51. The van der Waals surface area contributed by atoms with Gasteiger partial charge in [-0.1, -0.05) is 0 Å². The van der Waals surface area contributed by atoms with Gasteiger partial charge in [0.15, 0.2) is 5.78 Å². The van der Waals surface area contributed by atoms with Gasteiger partial charge in [-0.05, 0) is 31.2 Å². The molecule has 1 aromatic rings. The number of benzene rings is 1. The van der Waals surface area contributed by atoms with Crippen molar-refractivity contribution in [3.05, 3.63) is 29.8 Å². The minimum Gasteiger partial charge on any atom is -0.494 e. The quantitative estimate of drug-likeness (QED) is 0.287. The molecular formula is C15H22O8. The highest BCUT2D eigenvalue weighted by molar-refractivity contribution is 5.99. The van der Waals surface area contributed by atoms with Crippen LogP contribution in [0, 0.1) is 0 Å². The number of rotatable bonds is 9. The molecule has 1 rings (SSSR count). The maximum Gasteiger partial charge on any atom is 0.194 e. The van der Waals surface area contributed by atoms with Gasteiger partial charge in [-0.3, -0.25) is 4.79 Å². The highest BCUT2D eigenvalue weighted by Gasteiger charge is 2.37. The Balaban J connectivity index is 2.90. The predicted octanol–water partition coefficient (Wildman–Crippen LogP) is -1.94. The molecule has 1 aromatic carbocycles. The van der Waals surface area contributed by atoms with Crippen molar-refractivity contribution in [2.24, 2.45) is 0 Å². The number of aliphatic hydroxyl groups is 6. The molecule has 0 saturated heterocycles. The Hall–Kier alpha value is -1.55. The molecule has 0 aliphatic rings. The van der Waals surface area contributed by atoms with Crippen LogP contribution >= 0.6 is 0 Å². The third kappa shape index (κ3) is 4.96. The Bertz CT molecular complexity index is 552. The average molecular weight is 331 g/mol. The number of ether oxygens (including phenoxy) is 1. The monoisotopic (exact) mass is 331 g/mol. The standard InChI is InChI=1S/C15H22O8/c1-2-23-9-5-3-8(4-6-9)11(18)13(20)15(22)14(21)12(19)10(17)7-16/h3-6,10,12-17,19-22H,2,7H2,1H3/t10-,12-,13?,14+,15+/m1/s1/i3D. The zero-order chi connectivity index (χ0) is 18.4. The first kappa shape index (κ1) is 17.8. The lowest BCUT2D eigenvalue weighted by molar-refractivity contribution is -0.133. The molecule has 130 valence electrons. The van der Waals surface area contributed by atoms with Gasteiger partial charge in [0.1, 0.15) is 36.3 Å². The van der Waals surface area contributed by atoms with Crippen LogP contribution in [0.2, 0.25) is 0 Å². The Morgan fingerprint density at radius 2 is 1.78 bits per heavy atom. The molecule has 0 fully saturated rings. The van der Waals surface area contributed by atoms with Gasteiger partial charge in [0.25, 0.3) is 0 Å². The van der Waals surface area contributed by atoms with Gasteiger partial charge in [0, 0.05) is 5.56 Å². The van der Waals surface area contributed by atoms with Crippen LogP contribution in [0.1, 0.15) is 18.7 Å². The summed E-state index contributed by atoms with van der Waals surface area (Å²) < 4.78 is 12.9. The fourth-order valence-corrected chi connectivity index (χ4v) is 1.86. The van der Waals surface area contributed by atoms with Crippen molar-refractivity contribution in [2.75, 3.05) is 13.2 Å². The fourth-order valence-electron chi connectivity index (χ4n) is 1.86. The van der Waals surface area contributed by atoms with E-state index in [1.54, 1.807) is 6.92 Å². The summed E-state index contributed by atoms with van der Waals surface area (Å²) in [6.45, 7) is 1.23. The van der Waals surface area contributed by atoms with E-state index in [-0.39, 0.29) is 11.6 Å². The van der Waals surface area contributed by atoms with Crippen molar-refractivity contribution in [2.45, 2.75) is 37.4 Å². The van der Waals surface area contributed by atoms with Gasteiger partial charge < -0.3 is 35.4 Å². The Morgan fingerprint density at radius 3 is 2.30 bits per heavy atom. The van der Waals surface area contributed by atoms with Crippen LogP contribution in [0.3, 0.4) is 0 Å². The number of Topliss-reactive ketones (excluding diaryl/α,β-unsaturated/α-hetero) is 1. The molecule has 0 saturated carbocycles. The van der Waals surface area contributed by atoms with Gasteiger partial charge >= 0.3 is 0 Å². The summed E-state index contributed by atoms with van der Waals surface area (Å²) in [4.78, 5) is 12.2. The maximum atomic E-state index is 12.2. The second-order valence-electron chi connectivity index (χ2n) is 4.90. The zero-order valence-corrected chi connectivity index (χ0v) is 12.5. The van der Waals surface area contributed by atoms with E-state index in [9.17, 15) is 30.3 Å². The SMILES string of the molecule is [2H]c1cc(OCC)ccc1C(=O)C(O)[C@H](O)[C@@H](O)[C@H](O)[C@H](O)CO. The van der Waals surface area contributed by atoms with Gasteiger partial charge in [-0.15, -0.1) is 0 Å². The molecule has 0 aromatic heterocycles. The third-order valence-corrected chi connectivity index (χ3v) is 3.23. The topological polar surface area (TPSA) is 148 Å². The van der Waals surface area contributed by atoms with Gasteiger partial charge in [0.2, 0.25) is 0 Å².